The first-order valence-corrected chi connectivity index (χ1v) is 11.9. The first kappa shape index (κ1) is 21.8. The molecule has 5 aromatic rings. The molecule has 2 aromatic carbocycles. The molecule has 1 saturated heterocycles. The molecule has 8 heteroatoms. The second-order valence-electron chi connectivity index (χ2n) is 8.76. The zero-order valence-corrected chi connectivity index (χ0v) is 19.5. The van der Waals surface area contributed by atoms with Gasteiger partial charge in [-0.25, -0.2) is 4.98 Å². The predicted molar refractivity (Wildman–Crippen MR) is 140 cm³/mol. The number of hydrogen-bond donors (Lipinski definition) is 2. The van der Waals surface area contributed by atoms with Gasteiger partial charge in [-0.05, 0) is 35.9 Å². The summed E-state index contributed by atoms with van der Waals surface area (Å²) in [6.07, 6.45) is 6.71. The average molecular weight is 477 g/mol. The number of carbonyl (C=O) groups excluding carboxylic acids is 1. The van der Waals surface area contributed by atoms with E-state index in [0.717, 1.165) is 33.5 Å². The molecule has 36 heavy (non-hydrogen) atoms. The fourth-order valence-electron chi connectivity index (χ4n) is 4.83. The number of anilines is 1. The molecule has 0 saturated carbocycles. The van der Waals surface area contributed by atoms with E-state index in [9.17, 15) is 9.59 Å². The number of benzene rings is 2. The first-order valence-electron chi connectivity index (χ1n) is 11.9. The zero-order chi connectivity index (χ0) is 24.5. The molecule has 6 rings (SSSR count). The van der Waals surface area contributed by atoms with Gasteiger partial charge in [0.15, 0.2) is 0 Å². The molecule has 0 bridgehead atoms. The third-order valence-corrected chi connectivity index (χ3v) is 6.64. The monoisotopic (exact) mass is 476 g/mol. The van der Waals surface area contributed by atoms with Crippen LogP contribution in [0.1, 0.15) is 10.4 Å². The van der Waals surface area contributed by atoms with Gasteiger partial charge in [-0.1, -0.05) is 30.3 Å². The largest absolute Gasteiger partial charge is 0.354 e. The summed E-state index contributed by atoms with van der Waals surface area (Å²) in [5.41, 5.74) is 4.50. The Hall–Kier alpha value is -4.72. The number of aromatic nitrogens is 4. The Labute approximate surface area is 207 Å². The summed E-state index contributed by atoms with van der Waals surface area (Å²) in [4.78, 5) is 44.8. The van der Waals surface area contributed by atoms with Gasteiger partial charge in [0.05, 0.1) is 17.5 Å². The number of carbonyl (C=O) groups is 1. The van der Waals surface area contributed by atoms with E-state index in [1.807, 2.05) is 59.5 Å². The molecule has 1 fully saturated rings. The van der Waals surface area contributed by atoms with Crippen LogP contribution in [0.25, 0.3) is 33.3 Å². The summed E-state index contributed by atoms with van der Waals surface area (Å²) in [6, 6.07) is 19.3. The Morgan fingerprint density at radius 2 is 1.75 bits per heavy atom. The van der Waals surface area contributed by atoms with Gasteiger partial charge in [-0.3, -0.25) is 14.6 Å². The fraction of sp³-hybridized carbons (Fsp3) is 0.143. The number of nitrogens with zero attached hydrogens (tertiary/aromatic N) is 4. The molecule has 0 atom stereocenters. The third-order valence-electron chi connectivity index (χ3n) is 6.64. The van der Waals surface area contributed by atoms with Crippen LogP contribution in [0.2, 0.25) is 0 Å². The van der Waals surface area contributed by atoms with Crippen molar-refractivity contribution in [1.82, 2.24) is 24.8 Å². The summed E-state index contributed by atoms with van der Waals surface area (Å²) in [7, 11) is 0. The molecular weight excluding hydrogens is 452 g/mol. The van der Waals surface area contributed by atoms with Gasteiger partial charge in [-0.2, -0.15) is 0 Å². The Kier molecular flexibility index (Phi) is 5.53. The lowest BCUT2D eigenvalue weighted by Gasteiger charge is -2.35. The highest BCUT2D eigenvalue weighted by atomic mass is 16.2. The Bertz CT molecular complexity index is 1590. The lowest BCUT2D eigenvalue weighted by molar-refractivity contribution is 0.0746. The number of aromatic amines is 2. The van der Waals surface area contributed by atoms with Crippen LogP contribution in [-0.2, 0) is 0 Å². The van der Waals surface area contributed by atoms with Crippen molar-refractivity contribution in [3.8, 4) is 22.4 Å². The minimum absolute atomic E-state index is 0.00461. The van der Waals surface area contributed by atoms with E-state index in [1.165, 1.54) is 0 Å². The summed E-state index contributed by atoms with van der Waals surface area (Å²) < 4.78 is 0. The van der Waals surface area contributed by atoms with Gasteiger partial charge < -0.3 is 19.8 Å². The molecule has 1 aliphatic heterocycles. The minimum atomic E-state index is -0.168. The van der Waals surface area contributed by atoms with Crippen LogP contribution in [0.4, 0.5) is 5.82 Å². The van der Waals surface area contributed by atoms with Gasteiger partial charge in [0.2, 0.25) is 0 Å². The van der Waals surface area contributed by atoms with Crippen molar-refractivity contribution in [2.24, 2.45) is 0 Å². The number of nitrogens with one attached hydrogen (secondary N) is 2. The first-order chi connectivity index (χ1) is 17.7. The number of rotatable bonds is 4. The van der Waals surface area contributed by atoms with Crippen molar-refractivity contribution < 1.29 is 4.79 Å². The van der Waals surface area contributed by atoms with E-state index >= 15 is 0 Å². The van der Waals surface area contributed by atoms with E-state index in [0.29, 0.717) is 37.3 Å². The Morgan fingerprint density at radius 3 is 2.50 bits per heavy atom. The quantitative estimate of drug-likeness (QED) is 0.409. The van der Waals surface area contributed by atoms with Crippen LogP contribution in [0.15, 0.2) is 90.2 Å². The number of amides is 1. The minimum Gasteiger partial charge on any atom is -0.354 e. The van der Waals surface area contributed by atoms with Crippen molar-refractivity contribution in [1.29, 1.82) is 0 Å². The lowest BCUT2D eigenvalue weighted by atomic mass is 9.98. The molecule has 1 amide bonds. The maximum atomic E-state index is 13.5. The van der Waals surface area contributed by atoms with Crippen LogP contribution in [0, 0.1) is 0 Å². The number of pyridine rings is 1. The standard InChI is InChI=1S/C28H24N6O2/c35-27-21(7-4-10-31-27)26-25(19-5-2-1-3-6-19)22-17-20(8-9-23(22)32-26)28(36)34-15-13-33(14-16-34)24-18-29-11-12-30-24/h1-12,17-18,32H,13-16H2,(H,31,35). The molecule has 2 N–H and O–H groups in total. The molecule has 4 heterocycles. The van der Waals surface area contributed by atoms with Crippen LogP contribution in [0.5, 0.6) is 0 Å². The molecule has 178 valence electrons. The number of H-pyrrole nitrogens is 2. The van der Waals surface area contributed by atoms with Crippen molar-refractivity contribution in [2.45, 2.75) is 0 Å². The molecule has 0 unspecified atom stereocenters. The normalized spacial score (nSPS) is 13.8. The zero-order valence-electron chi connectivity index (χ0n) is 19.5. The topological polar surface area (TPSA) is 98.0 Å². The molecule has 0 aliphatic carbocycles. The SMILES string of the molecule is O=C(c1ccc2[nH]c(-c3ccc[nH]c3=O)c(-c3ccccc3)c2c1)N1CCN(c2cnccn2)CC1. The van der Waals surface area contributed by atoms with Crippen molar-refractivity contribution in [2.75, 3.05) is 31.1 Å². The van der Waals surface area contributed by atoms with Gasteiger partial charge in [0, 0.05) is 66.8 Å². The smallest absolute Gasteiger partial charge is 0.257 e. The number of piperazine rings is 1. The molecule has 1 aliphatic rings. The van der Waals surface area contributed by atoms with E-state index in [1.54, 1.807) is 30.9 Å². The van der Waals surface area contributed by atoms with Crippen LogP contribution < -0.4 is 10.5 Å². The second kappa shape index (κ2) is 9.14. The maximum absolute atomic E-state index is 13.5. The van der Waals surface area contributed by atoms with Crippen LogP contribution >= 0.6 is 0 Å². The predicted octanol–water partition coefficient (Wildman–Crippen LogP) is 3.94. The highest BCUT2D eigenvalue weighted by Crippen LogP contribution is 2.37. The van der Waals surface area contributed by atoms with Crippen molar-refractivity contribution >= 4 is 22.6 Å². The van der Waals surface area contributed by atoms with Gasteiger partial charge in [-0.15, -0.1) is 0 Å². The van der Waals surface area contributed by atoms with E-state index in [-0.39, 0.29) is 11.5 Å². The average Bonchev–Trinajstić information content (AvgIpc) is 3.32. The Morgan fingerprint density at radius 1 is 0.917 bits per heavy atom. The van der Waals surface area contributed by atoms with E-state index < -0.39 is 0 Å². The van der Waals surface area contributed by atoms with Gasteiger partial charge >= 0.3 is 0 Å². The van der Waals surface area contributed by atoms with E-state index in [4.69, 9.17) is 0 Å². The molecule has 0 spiro atoms. The van der Waals surface area contributed by atoms with Crippen LogP contribution in [0.3, 0.4) is 0 Å². The highest BCUT2D eigenvalue weighted by Gasteiger charge is 2.24. The summed E-state index contributed by atoms with van der Waals surface area (Å²) in [5, 5.41) is 0.906. The molecule has 8 nitrogen and oxygen atoms in total. The second-order valence-corrected chi connectivity index (χ2v) is 8.76. The molecule has 3 aromatic heterocycles. The van der Waals surface area contributed by atoms with Crippen molar-refractivity contribution in [3.05, 3.63) is 101 Å². The Balaban J connectivity index is 1.36. The van der Waals surface area contributed by atoms with E-state index in [2.05, 4.69) is 24.8 Å². The fourth-order valence-corrected chi connectivity index (χ4v) is 4.83. The summed E-state index contributed by atoms with van der Waals surface area (Å²) >= 11 is 0. The van der Waals surface area contributed by atoms with Crippen LogP contribution in [-0.4, -0.2) is 56.9 Å². The number of fused-ring (bicyclic) bond motifs is 1. The van der Waals surface area contributed by atoms with Crippen molar-refractivity contribution in [3.63, 3.8) is 0 Å². The van der Waals surface area contributed by atoms with Gasteiger partial charge in [0.1, 0.15) is 5.82 Å². The lowest BCUT2D eigenvalue weighted by Crippen LogP contribution is -2.49. The van der Waals surface area contributed by atoms with Gasteiger partial charge in [0.25, 0.3) is 11.5 Å². The maximum Gasteiger partial charge on any atom is 0.257 e. The highest BCUT2D eigenvalue weighted by molar-refractivity contribution is 6.07. The summed E-state index contributed by atoms with van der Waals surface area (Å²) in [5.74, 6) is 0.823. The summed E-state index contributed by atoms with van der Waals surface area (Å²) in [6.45, 7) is 2.62. The molecular formula is C28H24N6O2. The molecule has 0 radical (unpaired) electrons. The third kappa shape index (κ3) is 3.92. The number of hydrogen-bond acceptors (Lipinski definition) is 5.